The van der Waals surface area contributed by atoms with Crippen molar-refractivity contribution in [2.24, 2.45) is 5.92 Å². The van der Waals surface area contributed by atoms with Gasteiger partial charge in [-0.15, -0.1) is 0 Å². The van der Waals surface area contributed by atoms with Gasteiger partial charge >= 0.3 is 6.03 Å². The lowest BCUT2D eigenvalue weighted by atomic mass is 9.99. The zero-order valence-electron chi connectivity index (χ0n) is 16.9. The third-order valence-corrected chi connectivity index (χ3v) is 5.38. The van der Waals surface area contributed by atoms with Crippen molar-refractivity contribution in [3.8, 4) is 5.69 Å². The van der Waals surface area contributed by atoms with E-state index in [0.29, 0.717) is 6.54 Å². The Morgan fingerprint density at radius 1 is 1.04 bits per heavy atom. The van der Waals surface area contributed by atoms with Crippen molar-refractivity contribution in [3.63, 3.8) is 0 Å². The Hall–Kier alpha value is -3.01. The predicted octanol–water partition coefficient (Wildman–Crippen LogP) is 5.84. The van der Waals surface area contributed by atoms with Crippen LogP contribution in [0.3, 0.4) is 0 Å². The summed E-state index contributed by atoms with van der Waals surface area (Å²) < 4.78 is 2.23. The van der Waals surface area contributed by atoms with Gasteiger partial charge < -0.3 is 14.8 Å². The van der Waals surface area contributed by atoms with Crippen molar-refractivity contribution in [1.29, 1.82) is 0 Å². The van der Waals surface area contributed by atoms with Crippen molar-refractivity contribution in [2.75, 3.05) is 5.32 Å². The van der Waals surface area contributed by atoms with E-state index in [4.69, 9.17) is 0 Å². The quantitative estimate of drug-likeness (QED) is 0.602. The number of nitrogens with one attached hydrogen (secondary N) is 1. The van der Waals surface area contributed by atoms with Crippen molar-refractivity contribution in [3.05, 3.63) is 83.2 Å². The van der Waals surface area contributed by atoms with Crippen LogP contribution in [0.4, 0.5) is 10.5 Å². The highest BCUT2D eigenvalue weighted by Gasteiger charge is 2.33. The minimum Gasteiger partial charge on any atom is -0.318 e. The molecule has 1 unspecified atom stereocenters. The molecule has 144 valence electrons. The van der Waals surface area contributed by atoms with E-state index in [2.05, 4.69) is 80.2 Å². The average molecular weight is 374 g/mol. The highest BCUT2D eigenvalue weighted by Crippen LogP contribution is 2.36. The average Bonchev–Trinajstić information content (AvgIpc) is 3.04. The van der Waals surface area contributed by atoms with Gasteiger partial charge in [0.15, 0.2) is 0 Å². The fourth-order valence-corrected chi connectivity index (χ4v) is 4.32. The van der Waals surface area contributed by atoms with Crippen LogP contribution in [0.2, 0.25) is 0 Å². The van der Waals surface area contributed by atoms with E-state index in [1.165, 1.54) is 0 Å². The third-order valence-electron chi connectivity index (χ3n) is 5.38. The van der Waals surface area contributed by atoms with Gasteiger partial charge in [-0.3, -0.25) is 0 Å². The summed E-state index contributed by atoms with van der Waals surface area (Å²) in [5, 5.41) is 3.14. The number of carbonyl (C=O) groups is 1. The highest BCUT2D eigenvalue weighted by atomic mass is 16.2. The van der Waals surface area contributed by atoms with Gasteiger partial charge in [0.2, 0.25) is 0 Å². The topological polar surface area (TPSA) is 37.3 Å². The van der Waals surface area contributed by atoms with Crippen molar-refractivity contribution < 1.29 is 4.79 Å². The fourth-order valence-electron chi connectivity index (χ4n) is 4.32. The van der Waals surface area contributed by atoms with Gasteiger partial charge in [-0.05, 0) is 66.8 Å². The van der Waals surface area contributed by atoms with E-state index < -0.39 is 0 Å². The summed E-state index contributed by atoms with van der Waals surface area (Å²) in [6.45, 7) is 9.03. The maximum Gasteiger partial charge on any atom is 0.322 e. The summed E-state index contributed by atoms with van der Waals surface area (Å²) in [4.78, 5) is 15.4. The van der Waals surface area contributed by atoms with E-state index in [1.807, 2.05) is 23.1 Å². The van der Waals surface area contributed by atoms with E-state index in [9.17, 15) is 4.79 Å². The number of fused-ring (bicyclic) bond motifs is 3. The molecule has 1 atom stereocenters. The molecule has 0 radical (unpaired) electrons. The van der Waals surface area contributed by atoms with Gasteiger partial charge in [0.25, 0.3) is 0 Å². The Labute approximate surface area is 166 Å². The minimum atomic E-state index is -0.0619. The largest absolute Gasteiger partial charge is 0.322 e. The number of carbonyl (C=O) groups excluding carboxylic acids is 1. The molecule has 1 aliphatic heterocycles. The Kier molecular flexibility index (Phi) is 4.71. The van der Waals surface area contributed by atoms with Crippen LogP contribution >= 0.6 is 0 Å². The van der Waals surface area contributed by atoms with Crippen LogP contribution in [0.15, 0.2) is 60.8 Å². The number of para-hydroxylation sites is 1. The molecule has 0 saturated carbocycles. The first-order chi connectivity index (χ1) is 13.4. The van der Waals surface area contributed by atoms with Crippen LogP contribution in [0.25, 0.3) is 5.69 Å². The number of aromatic nitrogens is 1. The number of rotatable bonds is 2. The van der Waals surface area contributed by atoms with Gasteiger partial charge in [-0.1, -0.05) is 38.1 Å². The number of urea groups is 1. The number of aryl methyl sites for hydroxylation is 2. The molecule has 1 N–H and O–H groups in total. The summed E-state index contributed by atoms with van der Waals surface area (Å²) >= 11 is 0. The van der Waals surface area contributed by atoms with E-state index in [1.54, 1.807) is 0 Å². The normalized spacial score (nSPS) is 15.8. The predicted molar refractivity (Wildman–Crippen MR) is 114 cm³/mol. The number of benzene rings is 2. The van der Waals surface area contributed by atoms with E-state index in [-0.39, 0.29) is 18.0 Å². The van der Waals surface area contributed by atoms with Crippen LogP contribution < -0.4 is 5.32 Å². The molecule has 0 spiro atoms. The van der Waals surface area contributed by atoms with Crippen molar-refractivity contribution in [1.82, 2.24) is 9.47 Å². The summed E-state index contributed by atoms with van der Waals surface area (Å²) in [6.07, 6.45) is 2.09. The maximum atomic E-state index is 13.4. The van der Waals surface area contributed by atoms with Gasteiger partial charge in [0.05, 0.1) is 18.3 Å². The summed E-state index contributed by atoms with van der Waals surface area (Å²) in [7, 11) is 0. The molecule has 0 bridgehead atoms. The molecule has 2 heterocycles. The lowest BCUT2D eigenvalue weighted by molar-refractivity contribution is 0.162. The molecule has 0 saturated heterocycles. The van der Waals surface area contributed by atoms with Gasteiger partial charge in [0.1, 0.15) is 0 Å². The van der Waals surface area contributed by atoms with Crippen molar-refractivity contribution >= 4 is 11.7 Å². The molecule has 1 aromatic heterocycles. The Morgan fingerprint density at radius 2 is 1.75 bits per heavy atom. The third kappa shape index (κ3) is 3.31. The lowest BCUT2D eigenvalue weighted by Crippen LogP contribution is -2.39. The number of nitrogens with zero attached hydrogens (tertiary/aromatic N) is 2. The first-order valence-electron chi connectivity index (χ1n) is 9.85. The Balaban J connectivity index is 1.75. The van der Waals surface area contributed by atoms with Gasteiger partial charge in [-0.2, -0.15) is 0 Å². The fraction of sp³-hybridized carbons (Fsp3) is 0.292. The van der Waals surface area contributed by atoms with Crippen LogP contribution in [0.5, 0.6) is 0 Å². The molecular weight excluding hydrogens is 346 g/mol. The highest BCUT2D eigenvalue weighted by molar-refractivity contribution is 5.90. The Morgan fingerprint density at radius 3 is 2.46 bits per heavy atom. The van der Waals surface area contributed by atoms with Crippen LogP contribution in [-0.4, -0.2) is 15.5 Å². The molecule has 2 amide bonds. The SMILES string of the molecule is Cc1cc(C)cc(NC(=O)N2Cc3ccccc3-n3cccc3C2C(C)C)c1. The summed E-state index contributed by atoms with van der Waals surface area (Å²) in [5.74, 6) is 0.285. The lowest BCUT2D eigenvalue weighted by Gasteiger charge is -2.33. The van der Waals surface area contributed by atoms with Gasteiger partial charge in [-0.25, -0.2) is 4.79 Å². The molecule has 0 aliphatic carbocycles. The molecule has 4 rings (SSSR count). The van der Waals surface area contributed by atoms with Gasteiger partial charge in [0, 0.05) is 17.6 Å². The molecule has 2 aromatic carbocycles. The number of hydrogen-bond acceptors (Lipinski definition) is 1. The number of hydrogen-bond donors (Lipinski definition) is 1. The maximum absolute atomic E-state index is 13.4. The summed E-state index contributed by atoms with van der Waals surface area (Å²) in [6, 6.07) is 18.6. The molecule has 3 aromatic rings. The molecule has 4 nitrogen and oxygen atoms in total. The molecule has 1 aliphatic rings. The van der Waals surface area contributed by atoms with E-state index >= 15 is 0 Å². The van der Waals surface area contributed by atoms with E-state index in [0.717, 1.165) is 33.8 Å². The van der Waals surface area contributed by atoms with Crippen LogP contribution in [0, 0.1) is 19.8 Å². The Bertz CT molecular complexity index is 998. The molecule has 28 heavy (non-hydrogen) atoms. The smallest absolute Gasteiger partial charge is 0.318 e. The standard InChI is InChI=1S/C24H27N3O/c1-16(2)23-22-10-7-11-26(22)21-9-6-5-8-19(21)15-27(23)24(28)25-20-13-17(3)12-18(4)14-20/h5-14,16,23H,15H2,1-4H3,(H,25,28). The second-order valence-electron chi connectivity index (χ2n) is 8.06. The molecule has 0 fully saturated rings. The van der Waals surface area contributed by atoms with Crippen LogP contribution in [0.1, 0.15) is 42.3 Å². The second-order valence-corrected chi connectivity index (χ2v) is 8.06. The first-order valence-corrected chi connectivity index (χ1v) is 9.85. The molecular formula is C24H27N3O. The minimum absolute atomic E-state index is 0.00620. The van der Waals surface area contributed by atoms with Crippen molar-refractivity contribution in [2.45, 2.75) is 40.3 Å². The number of anilines is 1. The zero-order valence-corrected chi connectivity index (χ0v) is 16.9. The summed E-state index contributed by atoms with van der Waals surface area (Å²) in [5.41, 5.74) is 6.58. The molecule has 4 heteroatoms. The zero-order chi connectivity index (χ0) is 19.8. The second kappa shape index (κ2) is 7.19. The first kappa shape index (κ1) is 18.4. The number of amides is 2. The monoisotopic (exact) mass is 373 g/mol. The van der Waals surface area contributed by atoms with Crippen LogP contribution in [-0.2, 0) is 6.54 Å².